The predicted octanol–water partition coefficient (Wildman–Crippen LogP) is 3.35. The van der Waals surface area contributed by atoms with Gasteiger partial charge in [0.2, 0.25) is 0 Å². The van der Waals surface area contributed by atoms with E-state index in [2.05, 4.69) is 25.7 Å². The zero-order valence-electron chi connectivity index (χ0n) is 12.4. The molecule has 110 valence electrons. The summed E-state index contributed by atoms with van der Waals surface area (Å²) in [6.07, 6.45) is 1.82. The van der Waals surface area contributed by atoms with Gasteiger partial charge in [0, 0.05) is 30.3 Å². The van der Waals surface area contributed by atoms with Gasteiger partial charge < -0.3 is 15.1 Å². The molecule has 4 nitrogen and oxygen atoms in total. The second kappa shape index (κ2) is 5.35. The lowest BCUT2D eigenvalue weighted by Gasteiger charge is -2.47. The van der Waals surface area contributed by atoms with E-state index in [1.165, 1.54) is 5.56 Å². The molecule has 20 heavy (non-hydrogen) atoms. The molecule has 0 spiro atoms. The number of hydrogen-bond donors (Lipinski definition) is 2. The standard InChI is InChI=1S/C16H23NO3/c1-11-10-16(2,3)17(8-4-5-15(19)20)14-9-12(18)6-7-13(11)14/h6-7,9,11,18H,4-5,8,10H2,1-3H3,(H,19,20). The zero-order valence-corrected chi connectivity index (χ0v) is 12.4. The molecule has 1 unspecified atom stereocenters. The Bertz CT molecular complexity index is 510. The Morgan fingerprint density at radius 1 is 1.45 bits per heavy atom. The van der Waals surface area contributed by atoms with Crippen LogP contribution in [0.15, 0.2) is 18.2 Å². The van der Waals surface area contributed by atoms with E-state index in [-0.39, 0.29) is 17.7 Å². The van der Waals surface area contributed by atoms with Crippen molar-refractivity contribution in [3.8, 4) is 5.75 Å². The summed E-state index contributed by atoms with van der Waals surface area (Å²) in [5.74, 6) is -0.0578. The van der Waals surface area contributed by atoms with Crippen LogP contribution < -0.4 is 4.90 Å². The molecule has 0 bridgehead atoms. The van der Waals surface area contributed by atoms with Crippen LogP contribution in [0.3, 0.4) is 0 Å². The van der Waals surface area contributed by atoms with Crippen LogP contribution in [0.2, 0.25) is 0 Å². The molecule has 1 atom stereocenters. The number of rotatable bonds is 4. The van der Waals surface area contributed by atoms with Crippen molar-refractivity contribution >= 4 is 11.7 Å². The number of aliphatic carboxylic acids is 1. The molecule has 1 heterocycles. The van der Waals surface area contributed by atoms with Crippen LogP contribution in [0, 0.1) is 0 Å². The van der Waals surface area contributed by atoms with Crippen molar-refractivity contribution in [2.75, 3.05) is 11.4 Å². The third-order valence-corrected chi connectivity index (χ3v) is 4.14. The molecule has 1 aromatic carbocycles. The summed E-state index contributed by atoms with van der Waals surface area (Å²) in [4.78, 5) is 12.9. The number of anilines is 1. The summed E-state index contributed by atoms with van der Waals surface area (Å²) < 4.78 is 0. The summed E-state index contributed by atoms with van der Waals surface area (Å²) in [7, 11) is 0. The van der Waals surface area contributed by atoms with Gasteiger partial charge in [-0.25, -0.2) is 0 Å². The fourth-order valence-electron chi connectivity index (χ4n) is 3.29. The van der Waals surface area contributed by atoms with Crippen LogP contribution in [-0.2, 0) is 4.79 Å². The smallest absolute Gasteiger partial charge is 0.303 e. The molecule has 2 rings (SSSR count). The van der Waals surface area contributed by atoms with Crippen LogP contribution in [0.4, 0.5) is 5.69 Å². The lowest BCUT2D eigenvalue weighted by molar-refractivity contribution is -0.137. The minimum absolute atomic E-state index is 0.0291. The Morgan fingerprint density at radius 2 is 2.15 bits per heavy atom. The first-order valence-corrected chi connectivity index (χ1v) is 7.13. The Morgan fingerprint density at radius 3 is 2.80 bits per heavy atom. The Kier molecular flexibility index (Phi) is 3.93. The Hall–Kier alpha value is -1.71. The third-order valence-electron chi connectivity index (χ3n) is 4.14. The average Bonchev–Trinajstić information content (AvgIpc) is 2.31. The second-order valence-electron chi connectivity index (χ2n) is 6.31. The number of benzene rings is 1. The third kappa shape index (κ3) is 2.89. The molecular weight excluding hydrogens is 254 g/mol. The molecule has 0 saturated heterocycles. The summed E-state index contributed by atoms with van der Waals surface area (Å²) >= 11 is 0. The number of carboxylic acid groups (broad SMARTS) is 1. The number of nitrogens with zero attached hydrogens (tertiary/aromatic N) is 1. The van der Waals surface area contributed by atoms with Gasteiger partial charge >= 0.3 is 5.97 Å². The number of hydrogen-bond acceptors (Lipinski definition) is 3. The van der Waals surface area contributed by atoms with Crippen molar-refractivity contribution in [2.45, 2.75) is 51.5 Å². The van der Waals surface area contributed by atoms with E-state index in [9.17, 15) is 9.90 Å². The molecular formula is C16H23NO3. The van der Waals surface area contributed by atoms with Crippen molar-refractivity contribution in [3.63, 3.8) is 0 Å². The first kappa shape index (κ1) is 14.7. The highest BCUT2D eigenvalue weighted by atomic mass is 16.4. The van der Waals surface area contributed by atoms with Gasteiger partial charge in [0.05, 0.1) is 0 Å². The Balaban J connectivity index is 2.30. The number of phenolic OH excluding ortho intramolecular Hbond substituents is 1. The monoisotopic (exact) mass is 277 g/mol. The van der Waals surface area contributed by atoms with Gasteiger partial charge in [-0.3, -0.25) is 4.79 Å². The van der Waals surface area contributed by atoms with Crippen molar-refractivity contribution in [1.29, 1.82) is 0 Å². The minimum Gasteiger partial charge on any atom is -0.508 e. The first-order chi connectivity index (χ1) is 9.31. The van der Waals surface area contributed by atoms with Gasteiger partial charge in [-0.2, -0.15) is 0 Å². The Labute approximate surface area is 120 Å². The highest BCUT2D eigenvalue weighted by Gasteiger charge is 2.36. The second-order valence-corrected chi connectivity index (χ2v) is 6.31. The molecule has 0 fully saturated rings. The van der Waals surface area contributed by atoms with Gasteiger partial charge in [-0.05, 0) is 44.2 Å². The maximum Gasteiger partial charge on any atom is 0.303 e. The van der Waals surface area contributed by atoms with E-state index < -0.39 is 5.97 Å². The molecule has 0 radical (unpaired) electrons. The van der Waals surface area contributed by atoms with E-state index >= 15 is 0 Å². The van der Waals surface area contributed by atoms with Crippen LogP contribution in [0.1, 0.15) is 51.5 Å². The van der Waals surface area contributed by atoms with Gasteiger partial charge in [-0.15, -0.1) is 0 Å². The minimum atomic E-state index is -0.760. The average molecular weight is 277 g/mol. The summed E-state index contributed by atoms with van der Waals surface area (Å²) in [6, 6.07) is 5.51. The fourth-order valence-corrected chi connectivity index (χ4v) is 3.29. The number of aromatic hydroxyl groups is 1. The van der Waals surface area contributed by atoms with Crippen molar-refractivity contribution < 1.29 is 15.0 Å². The maximum absolute atomic E-state index is 10.7. The van der Waals surface area contributed by atoms with Gasteiger partial charge in [0.15, 0.2) is 0 Å². The first-order valence-electron chi connectivity index (χ1n) is 7.13. The zero-order chi connectivity index (χ0) is 14.9. The lowest BCUT2D eigenvalue weighted by atomic mass is 9.80. The van der Waals surface area contributed by atoms with E-state index in [1.54, 1.807) is 12.1 Å². The molecule has 0 aromatic heterocycles. The summed E-state index contributed by atoms with van der Waals surface area (Å²) in [5.41, 5.74) is 2.25. The summed E-state index contributed by atoms with van der Waals surface area (Å²) in [5, 5.41) is 18.6. The molecule has 1 aliphatic rings. The number of phenols is 1. The SMILES string of the molecule is CC1CC(C)(C)N(CCCC(=O)O)c2cc(O)ccc21. The van der Waals surface area contributed by atoms with Gasteiger partial charge in [0.25, 0.3) is 0 Å². The van der Waals surface area contributed by atoms with E-state index in [4.69, 9.17) is 5.11 Å². The topological polar surface area (TPSA) is 60.8 Å². The van der Waals surface area contributed by atoms with Crippen LogP contribution in [0.25, 0.3) is 0 Å². The van der Waals surface area contributed by atoms with E-state index in [0.29, 0.717) is 18.9 Å². The summed E-state index contributed by atoms with van der Waals surface area (Å²) in [6.45, 7) is 7.25. The molecule has 0 saturated carbocycles. The number of fused-ring (bicyclic) bond motifs is 1. The van der Waals surface area contributed by atoms with Crippen LogP contribution in [0.5, 0.6) is 5.75 Å². The number of carbonyl (C=O) groups is 1. The lowest BCUT2D eigenvalue weighted by Crippen LogP contribution is -2.48. The predicted molar refractivity (Wildman–Crippen MR) is 79.4 cm³/mol. The quantitative estimate of drug-likeness (QED) is 0.886. The molecule has 4 heteroatoms. The van der Waals surface area contributed by atoms with Gasteiger partial charge in [-0.1, -0.05) is 13.0 Å². The fraction of sp³-hybridized carbons (Fsp3) is 0.562. The largest absolute Gasteiger partial charge is 0.508 e. The van der Waals surface area contributed by atoms with Gasteiger partial charge in [0.1, 0.15) is 5.75 Å². The van der Waals surface area contributed by atoms with Crippen molar-refractivity contribution in [1.82, 2.24) is 0 Å². The van der Waals surface area contributed by atoms with Crippen LogP contribution >= 0.6 is 0 Å². The normalized spacial score (nSPS) is 20.6. The van der Waals surface area contributed by atoms with Crippen LogP contribution in [-0.4, -0.2) is 28.3 Å². The molecule has 2 N–H and O–H groups in total. The molecule has 0 amide bonds. The van der Waals surface area contributed by atoms with E-state index in [0.717, 1.165) is 12.1 Å². The molecule has 1 aliphatic heterocycles. The van der Waals surface area contributed by atoms with Crippen molar-refractivity contribution in [3.05, 3.63) is 23.8 Å². The molecule has 1 aromatic rings. The van der Waals surface area contributed by atoms with Crippen molar-refractivity contribution in [2.24, 2.45) is 0 Å². The highest BCUT2D eigenvalue weighted by molar-refractivity contribution is 5.67. The molecule has 0 aliphatic carbocycles. The number of carboxylic acids is 1. The van der Waals surface area contributed by atoms with E-state index in [1.807, 2.05) is 6.07 Å². The maximum atomic E-state index is 10.7. The highest BCUT2D eigenvalue weighted by Crippen LogP contribution is 2.44.